The van der Waals surface area contributed by atoms with Gasteiger partial charge in [-0.25, -0.2) is 0 Å². The number of hydrogen-bond acceptors (Lipinski definition) is 2. The van der Waals surface area contributed by atoms with Gasteiger partial charge in [-0.15, -0.1) is 0 Å². The van der Waals surface area contributed by atoms with Crippen LogP contribution in [0, 0.1) is 18.4 Å². The van der Waals surface area contributed by atoms with Crippen molar-refractivity contribution >= 4 is 12.2 Å². The fourth-order valence-electron chi connectivity index (χ4n) is 3.22. The number of fused-ring (bicyclic) bond motifs is 1. The van der Waals surface area contributed by atoms with Gasteiger partial charge in [-0.3, -0.25) is 9.36 Å². The molecule has 1 aromatic rings. The summed E-state index contributed by atoms with van der Waals surface area (Å²) >= 11 is 0. The Hall–Kier alpha value is -1.82. The molecule has 2 rings (SSSR count). The molecule has 1 heterocycles. The summed E-state index contributed by atoms with van der Waals surface area (Å²) in [5.41, 5.74) is 1.77. The molecule has 0 saturated heterocycles. The quantitative estimate of drug-likeness (QED) is 0.727. The van der Waals surface area contributed by atoms with Gasteiger partial charge in [0.25, 0.3) is 0 Å². The van der Waals surface area contributed by atoms with E-state index in [9.17, 15) is 10.1 Å². The van der Waals surface area contributed by atoms with Crippen LogP contribution in [0.5, 0.6) is 0 Å². The van der Waals surface area contributed by atoms with E-state index in [0.29, 0.717) is 0 Å². The first-order chi connectivity index (χ1) is 10.7. The van der Waals surface area contributed by atoms with E-state index in [0.717, 1.165) is 47.5 Å². The summed E-state index contributed by atoms with van der Waals surface area (Å²) in [4.78, 5) is 12.5. The van der Waals surface area contributed by atoms with Gasteiger partial charge < -0.3 is 0 Å². The van der Waals surface area contributed by atoms with E-state index in [1.165, 1.54) is 32.1 Å². The van der Waals surface area contributed by atoms with Crippen LogP contribution in [0.15, 0.2) is 4.79 Å². The first-order valence-electron chi connectivity index (χ1n) is 8.55. The highest BCUT2D eigenvalue weighted by Crippen LogP contribution is 2.10. The minimum atomic E-state index is 0.110. The average molecular weight is 298 g/mol. The summed E-state index contributed by atoms with van der Waals surface area (Å²) in [7, 11) is 0. The fourth-order valence-corrected chi connectivity index (χ4v) is 3.22. The molecule has 0 atom stereocenters. The predicted octanol–water partition coefficient (Wildman–Crippen LogP) is 2.74. The summed E-state index contributed by atoms with van der Waals surface area (Å²) in [6.07, 6.45) is 16.2. The Bertz CT molecular complexity index is 735. The molecule has 0 N–H and O–H groups in total. The van der Waals surface area contributed by atoms with Gasteiger partial charge in [0, 0.05) is 16.5 Å². The van der Waals surface area contributed by atoms with Crippen molar-refractivity contribution in [3.8, 4) is 6.19 Å². The van der Waals surface area contributed by atoms with E-state index in [4.69, 9.17) is 0 Å². The van der Waals surface area contributed by atoms with Gasteiger partial charge in [0.1, 0.15) is 0 Å². The molecule has 1 aliphatic carbocycles. The zero-order chi connectivity index (χ0) is 15.9. The van der Waals surface area contributed by atoms with E-state index in [-0.39, 0.29) is 5.43 Å². The maximum absolute atomic E-state index is 12.5. The number of rotatable bonds is 7. The van der Waals surface area contributed by atoms with Crippen molar-refractivity contribution < 1.29 is 0 Å². The topological polar surface area (TPSA) is 45.8 Å². The molecule has 1 aliphatic rings. The van der Waals surface area contributed by atoms with Gasteiger partial charge in [0.2, 0.25) is 0 Å². The number of unbranched alkanes of at least 4 members (excludes halogenated alkanes) is 5. The Kier molecular flexibility index (Phi) is 6.00. The van der Waals surface area contributed by atoms with Crippen molar-refractivity contribution in [2.24, 2.45) is 0 Å². The number of hydrogen-bond donors (Lipinski definition) is 0. The highest BCUT2D eigenvalue weighted by molar-refractivity contribution is 5.40. The molecule has 0 amide bonds. The van der Waals surface area contributed by atoms with Gasteiger partial charge in [0.05, 0.1) is 5.35 Å². The number of aromatic nitrogens is 1. The van der Waals surface area contributed by atoms with Crippen LogP contribution < -0.4 is 16.0 Å². The van der Waals surface area contributed by atoms with Gasteiger partial charge in [-0.2, -0.15) is 5.26 Å². The maximum atomic E-state index is 12.5. The van der Waals surface area contributed by atoms with Crippen LogP contribution in [0.1, 0.15) is 69.5 Å². The molecule has 3 nitrogen and oxygen atoms in total. The Labute approximate surface area is 132 Å². The summed E-state index contributed by atoms with van der Waals surface area (Å²) in [5, 5.41) is 11.1. The molecule has 0 spiro atoms. The molecule has 0 unspecified atom stereocenters. The lowest BCUT2D eigenvalue weighted by Crippen LogP contribution is -2.48. The smallest absolute Gasteiger partial charge is 0.192 e. The average Bonchev–Trinajstić information content (AvgIpc) is 2.55. The highest BCUT2D eigenvalue weighted by Gasteiger charge is 2.12. The van der Waals surface area contributed by atoms with Gasteiger partial charge in [-0.05, 0) is 32.6 Å². The van der Waals surface area contributed by atoms with Crippen molar-refractivity contribution in [2.75, 3.05) is 0 Å². The number of nitriles is 1. The molecule has 0 radical (unpaired) electrons. The van der Waals surface area contributed by atoms with Crippen molar-refractivity contribution in [2.45, 2.75) is 71.6 Å². The lowest BCUT2D eigenvalue weighted by Gasteiger charge is -2.13. The zero-order valence-corrected chi connectivity index (χ0v) is 13.8. The van der Waals surface area contributed by atoms with Crippen molar-refractivity contribution in [1.29, 1.82) is 5.26 Å². The van der Waals surface area contributed by atoms with E-state index in [2.05, 4.69) is 13.1 Å². The number of pyridine rings is 1. The van der Waals surface area contributed by atoms with Crippen LogP contribution in [-0.4, -0.2) is 4.57 Å². The maximum Gasteiger partial charge on any atom is 0.192 e. The standard InChI is InChI=1S/C19H26N2O/c1-3-4-5-6-7-8-12-17-15(2)19(22)16-11-9-10-13-18(16)21(17)14-20/h11,13H,3-10,12H2,1-2H3. The Morgan fingerprint density at radius 1 is 1.14 bits per heavy atom. The van der Waals surface area contributed by atoms with Gasteiger partial charge in [-0.1, -0.05) is 51.2 Å². The molecule has 0 bridgehead atoms. The molecule has 118 valence electrons. The van der Waals surface area contributed by atoms with Crippen LogP contribution >= 0.6 is 0 Å². The Morgan fingerprint density at radius 3 is 2.55 bits per heavy atom. The highest BCUT2D eigenvalue weighted by atomic mass is 16.1. The molecule has 3 heteroatoms. The summed E-state index contributed by atoms with van der Waals surface area (Å²) in [6.45, 7) is 4.08. The van der Waals surface area contributed by atoms with Crippen molar-refractivity contribution in [1.82, 2.24) is 4.57 Å². The van der Waals surface area contributed by atoms with Crippen molar-refractivity contribution in [3.63, 3.8) is 0 Å². The third-order valence-electron chi connectivity index (χ3n) is 4.52. The third kappa shape index (κ3) is 3.50. The summed E-state index contributed by atoms with van der Waals surface area (Å²) < 4.78 is 1.69. The molecule has 0 aromatic carbocycles. The van der Waals surface area contributed by atoms with Gasteiger partial charge in [0.15, 0.2) is 11.6 Å². The second kappa shape index (κ2) is 7.98. The molecular weight excluding hydrogens is 272 g/mol. The molecular formula is C19H26N2O. The third-order valence-corrected chi connectivity index (χ3v) is 4.52. The first-order valence-corrected chi connectivity index (χ1v) is 8.55. The summed E-state index contributed by atoms with van der Waals surface area (Å²) in [6, 6.07) is 0. The largest absolute Gasteiger partial charge is 0.289 e. The fraction of sp³-hybridized carbons (Fsp3) is 0.579. The van der Waals surface area contributed by atoms with E-state index < -0.39 is 0 Å². The first kappa shape index (κ1) is 16.5. The Morgan fingerprint density at radius 2 is 1.82 bits per heavy atom. The SMILES string of the molecule is CCCCCCCCc1c(C)c(=O)c2c(n1C#N)=CCCC=2. The lowest BCUT2D eigenvalue weighted by atomic mass is 10.0. The van der Waals surface area contributed by atoms with Crippen LogP contribution in [0.25, 0.3) is 12.2 Å². The minimum absolute atomic E-state index is 0.110. The lowest BCUT2D eigenvalue weighted by molar-refractivity contribution is 0.599. The van der Waals surface area contributed by atoms with Gasteiger partial charge >= 0.3 is 0 Å². The Balaban J connectivity index is 2.24. The summed E-state index contributed by atoms with van der Waals surface area (Å²) in [5.74, 6) is 0. The van der Waals surface area contributed by atoms with Crippen LogP contribution in [0.3, 0.4) is 0 Å². The van der Waals surface area contributed by atoms with Crippen molar-refractivity contribution in [3.05, 3.63) is 32.0 Å². The van der Waals surface area contributed by atoms with E-state index >= 15 is 0 Å². The van der Waals surface area contributed by atoms with Crippen LogP contribution in [0.2, 0.25) is 0 Å². The molecule has 1 aromatic heterocycles. The molecule has 0 saturated carbocycles. The van der Waals surface area contributed by atoms with Crippen LogP contribution in [0.4, 0.5) is 0 Å². The zero-order valence-electron chi connectivity index (χ0n) is 13.8. The number of nitrogens with zero attached hydrogens (tertiary/aromatic N) is 2. The predicted molar refractivity (Wildman–Crippen MR) is 90.9 cm³/mol. The normalized spacial score (nSPS) is 13.0. The molecule has 0 aliphatic heterocycles. The van der Waals surface area contributed by atoms with E-state index in [1.54, 1.807) is 4.57 Å². The van der Waals surface area contributed by atoms with Crippen LogP contribution in [-0.2, 0) is 6.42 Å². The van der Waals surface area contributed by atoms with E-state index in [1.807, 2.05) is 19.1 Å². The second-order valence-corrected chi connectivity index (χ2v) is 6.14. The minimum Gasteiger partial charge on any atom is -0.289 e. The monoisotopic (exact) mass is 298 g/mol. The second-order valence-electron chi connectivity index (χ2n) is 6.14. The molecule has 22 heavy (non-hydrogen) atoms. The molecule has 0 fully saturated rings.